The largest absolute Gasteiger partial charge is 0.432 e. The second kappa shape index (κ2) is 16.7. The van der Waals surface area contributed by atoms with E-state index in [1.807, 2.05) is 0 Å². The van der Waals surface area contributed by atoms with Gasteiger partial charge in [-0.05, 0) is 116 Å². The van der Waals surface area contributed by atoms with Gasteiger partial charge in [0.25, 0.3) is 0 Å². The summed E-state index contributed by atoms with van der Waals surface area (Å²) in [5, 5.41) is 94.6. The molecule has 0 amide bonds. The first-order valence-corrected chi connectivity index (χ1v) is 23.6. The van der Waals surface area contributed by atoms with E-state index in [1.165, 1.54) is 5.57 Å². The maximum absolute atomic E-state index is 14.6. The Labute approximate surface area is 371 Å². The Morgan fingerprint density at radius 2 is 1.38 bits per heavy atom. The number of aliphatic hydroxyl groups excluding tert-OH is 9. The monoisotopic (exact) mass is 897 g/mol. The first-order chi connectivity index (χ1) is 29.4. The van der Waals surface area contributed by atoms with Crippen LogP contribution in [-0.4, -0.2) is 157 Å². The summed E-state index contributed by atoms with van der Waals surface area (Å²) < 4.78 is 35.8. The highest BCUT2D eigenvalue weighted by atomic mass is 16.7. The summed E-state index contributed by atoms with van der Waals surface area (Å²) in [6, 6.07) is 0. The first-order valence-electron chi connectivity index (χ1n) is 23.6. The Bertz CT molecular complexity index is 1720. The van der Waals surface area contributed by atoms with Crippen molar-refractivity contribution in [3.8, 4) is 0 Å². The van der Waals surface area contributed by atoms with Gasteiger partial charge < -0.3 is 74.4 Å². The summed E-state index contributed by atoms with van der Waals surface area (Å²) in [6.45, 7) is 17.2. The molecule has 7 fully saturated rings. The molecule has 0 radical (unpaired) electrons. The van der Waals surface area contributed by atoms with Gasteiger partial charge in [-0.2, -0.15) is 0 Å². The molecule has 22 atom stereocenters. The minimum Gasteiger partial charge on any atom is -0.432 e. The van der Waals surface area contributed by atoms with E-state index in [-0.39, 0.29) is 51.6 Å². The summed E-state index contributed by atoms with van der Waals surface area (Å²) in [7, 11) is 0. The summed E-state index contributed by atoms with van der Waals surface area (Å²) in [6.07, 6.45) is -9.07. The maximum atomic E-state index is 14.6. The molecule has 5 aliphatic carbocycles. The smallest absolute Gasteiger partial charge is 0.315 e. The van der Waals surface area contributed by atoms with E-state index in [2.05, 4.69) is 54.5 Å². The van der Waals surface area contributed by atoms with Crippen LogP contribution in [0.25, 0.3) is 0 Å². The fourth-order valence-electron chi connectivity index (χ4n) is 14.7. The SMILES string of the molecule is C[C@@H]1O[C@@H](O[C@H]2CC[C@]3(C)[C@H]4CC=C5[C@@H]6CC(C)(C)CC[C@]6(C(=O)O[C@@H]6O[C@H](CO)[C@@H](O)[C@H](O)[C@H]6O)CC[C@@]5(C)[C@]4(C)CC[C@H]3C2(C)C)[C@H](O)[C@H](O)[C@H]1O[C@@H]1OC[C@@H](O)[C@H](O)[C@H]1O. The molecule has 0 aromatic heterocycles. The molecule has 0 aromatic carbocycles. The Morgan fingerprint density at radius 3 is 2.08 bits per heavy atom. The molecule has 0 aromatic rings. The van der Waals surface area contributed by atoms with Crippen LogP contribution >= 0.6 is 0 Å². The third kappa shape index (κ3) is 7.51. The second-order valence-corrected chi connectivity index (χ2v) is 23.0. The third-order valence-corrected chi connectivity index (χ3v) is 18.9. The van der Waals surface area contributed by atoms with Gasteiger partial charge in [0.1, 0.15) is 61.0 Å². The van der Waals surface area contributed by atoms with Crippen LogP contribution < -0.4 is 0 Å². The lowest BCUT2D eigenvalue weighted by Gasteiger charge is -2.71. The van der Waals surface area contributed by atoms with Crippen molar-refractivity contribution in [1.29, 1.82) is 0 Å². The number of hydrogen-bond acceptors (Lipinski definition) is 16. The minimum atomic E-state index is -1.67. The van der Waals surface area contributed by atoms with Gasteiger partial charge in [0.15, 0.2) is 12.6 Å². The van der Waals surface area contributed by atoms with Crippen LogP contribution in [0.1, 0.15) is 120 Å². The molecule has 3 heterocycles. The van der Waals surface area contributed by atoms with Gasteiger partial charge in [-0.1, -0.05) is 60.1 Å². The zero-order valence-corrected chi connectivity index (χ0v) is 38.3. The molecule has 0 unspecified atom stereocenters. The highest BCUT2D eigenvalue weighted by molar-refractivity contribution is 5.79. The molecule has 3 saturated heterocycles. The predicted molar refractivity (Wildman–Crippen MR) is 223 cm³/mol. The van der Waals surface area contributed by atoms with Crippen molar-refractivity contribution in [2.45, 2.75) is 212 Å². The molecule has 0 spiro atoms. The Balaban J connectivity index is 0.998. The van der Waals surface area contributed by atoms with Crippen molar-refractivity contribution < 1.29 is 79.2 Å². The highest BCUT2D eigenvalue weighted by Gasteiger charge is 2.70. The minimum absolute atomic E-state index is 0.0295. The van der Waals surface area contributed by atoms with E-state index in [0.29, 0.717) is 25.2 Å². The fraction of sp³-hybridized carbons (Fsp3) is 0.936. The number of esters is 1. The van der Waals surface area contributed by atoms with Crippen LogP contribution in [0.4, 0.5) is 0 Å². The first kappa shape index (κ1) is 48.1. The van der Waals surface area contributed by atoms with Crippen molar-refractivity contribution in [2.75, 3.05) is 13.2 Å². The van der Waals surface area contributed by atoms with Crippen LogP contribution in [0.15, 0.2) is 11.6 Å². The van der Waals surface area contributed by atoms with Crippen molar-refractivity contribution in [2.24, 2.45) is 50.2 Å². The van der Waals surface area contributed by atoms with Gasteiger partial charge in [-0.3, -0.25) is 4.79 Å². The van der Waals surface area contributed by atoms with Crippen molar-refractivity contribution in [3.63, 3.8) is 0 Å². The molecular weight excluding hydrogens is 821 g/mol. The Kier molecular flexibility index (Phi) is 12.8. The van der Waals surface area contributed by atoms with E-state index in [1.54, 1.807) is 6.92 Å². The molecule has 63 heavy (non-hydrogen) atoms. The average Bonchev–Trinajstić information content (AvgIpc) is 3.22. The number of carbonyl (C=O) groups is 1. The van der Waals surface area contributed by atoms with E-state index in [4.69, 9.17) is 28.4 Å². The normalized spacial score (nSPS) is 54.1. The molecular formula is C47H76O16. The van der Waals surface area contributed by atoms with E-state index in [9.17, 15) is 50.8 Å². The number of hydrogen-bond donors (Lipinski definition) is 9. The molecule has 0 bridgehead atoms. The van der Waals surface area contributed by atoms with Crippen LogP contribution in [0, 0.1) is 50.2 Å². The number of rotatable bonds is 7. The molecule has 9 N–H and O–H groups in total. The van der Waals surface area contributed by atoms with Gasteiger partial charge in [0.05, 0.1) is 30.8 Å². The number of aliphatic hydroxyl groups is 9. The molecule has 8 aliphatic rings. The van der Waals surface area contributed by atoms with Crippen molar-refractivity contribution in [1.82, 2.24) is 0 Å². The summed E-state index contributed by atoms with van der Waals surface area (Å²) in [5.41, 5.74) is -0.290. The number of ether oxygens (including phenoxy) is 6. The summed E-state index contributed by atoms with van der Waals surface area (Å²) in [4.78, 5) is 14.6. The average molecular weight is 897 g/mol. The molecule has 16 nitrogen and oxygen atoms in total. The van der Waals surface area contributed by atoms with Crippen LogP contribution in [0.5, 0.6) is 0 Å². The molecule has 8 rings (SSSR count). The second-order valence-electron chi connectivity index (χ2n) is 23.0. The van der Waals surface area contributed by atoms with Crippen LogP contribution in [0.3, 0.4) is 0 Å². The van der Waals surface area contributed by atoms with Gasteiger partial charge in [-0.25, -0.2) is 0 Å². The Morgan fingerprint density at radius 1 is 0.714 bits per heavy atom. The van der Waals surface area contributed by atoms with Gasteiger partial charge in [0.2, 0.25) is 6.29 Å². The highest BCUT2D eigenvalue weighted by Crippen LogP contribution is 2.76. The van der Waals surface area contributed by atoms with Gasteiger partial charge in [-0.15, -0.1) is 0 Å². The fourth-order valence-corrected chi connectivity index (χ4v) is 14.7. The lowest BCUT2D eigenvalue weighted by molar-refractivity contribution is -0.356. The van der Waals surface area contributed by atoms with Gasteiger partial charge in [0, 0.05) is 0 Å². The number of carbonyl (C=O) groups excluding carboxylic acids is 1. The number of allylic oxidation sites excluding steroid dienone is 2. The zero-order chi connectivity index (χ0) is 46.0. The number of fused-ring (bicyclic) bond motifs is 7. The van der Waals surface area contributed by atoms with E-state index < -0.39 is 104 Å². The van der Waals surface area contributed by atoms with Crippen LogP contribution in [-0.2, 0) is 33.2 Å². The van der Waals surface area contributed by atoms with E-state index >= 15 is 0 Å². The predicted octanol–water partition coefficient (Wildman–Crippen LogP) is 1.81. The molecule has 16 heteroatoms. The molecule has 360 valence electrons. The van der Waals surface area contributed by atoms with Crippen molar-refractivity contribution >= 4 is 5.97 Å². The molecule has 3 aliphatic heterocycles. The zero-order valence-electron chi connectivity index (χ0n) is 38.3. The van der Waals surface area contributed by atoms with Crippen molar-refractivity contribution in [3.05, 3.63) is 11.6 Å². The maximum Gasteiger partial charge on any atom is 0.315 e. The topological polar surface area (TPSA) is 255 Å². The summed E-state index contributed by atoms with van der Waals surface area (Å²) >= 11 is 0. The third-order valence-electron chi connectivity index (χ3n) is 18.9. The quantitative estimate of drug-likeness (QED) is 0.100. The van der Waals surface area contributed by atoms with Gasteiger partial charge >= 0.3 is 5.97 Å². The summed E-state index contributed by atoms with van der Waals surface area (Å²) in [5.74, 6) is 0.0193. The standard InChI is InChI=1S/C47H76O16/c1-22-37(62-38-34(54)30(50)25(49)21-58-38)33(53)36(56)39(59-22)61-29-12-13-44(6)27(43(29,4)5)11-14-46(8)28(44)10-9-23-24-19-42(2,3)15-17-47(24,18-16-45(23,46)7)41(57)63-40-35(55)32(52)31(51)26(20-48)60-40/h9,22,24-40,48-56H,10-21H2,1-8H3/t22-,24-,25+,26+,27-,28+,29-,30-,31+,32-,33-,34+,35+,36+,37-,38-,39-,40-,44-,45+,46+,47-/m0/s1. The van der Waals surface area contributed by atoms with E-state index in [0.717, 1.165) is 44.9 Å². The lowest BCUT2D eigenvalue weighted by atomic mass is 9.33. The Hall–Kier alpha value is -1.35. The van der Waals surface area contributed by atoms with Crippen LogP contribution in [0.2, 0.25) is 0 Å². The lowest BCUT2D eigenvalue weighted by Crippen LogP contribution is -2.66. The molecule has 4 saturated carbocycles.